The number of fused-ring (bicyclic) bond motifs is 1. The molecule has 1 fully saturated rings. The monoisotopic (exact) mass is 301 g/mol. The van der Waals surface area contributed by atoms with Crippen LogP contribution in [0.25, 0.3) is 5.52 Å². The molecular weight excluding hydrogens is 286 g/mol. The van der Waals surface area contributed by atoms with Crippen molar-refractivity contribution in [3.05, 3.63) is 35.7 Å². The van der Waals surface area contributed by atoms with Gasteiger partial charge in [0, 0.05) is 18.3 Å². The molecule has 1 amide bonds. The lowest BCUT2D eigenvalue weighted by molar-refractivity contribution is -0.146. The Labute approximate surface area is 126 Å². The molecule has 7 heteroatoms. The van der Waals surface area contributed by atoms with Crippen LogP contribution in [-0.4, -0.2) is 41.4 Å². The van der Waals surface area contributed by atoms with E-state index in [2.05, 4.69) is 10.4 Å². The van der Waals surface area contributed by atoms with E-state index < -0.39 is 5.41 Å². The summed E-state index contributed by atoms with van der Waals surface area (Å²) >= 11 is 0. The fourth-order valence-corrected chi connectivity index (χ4v) is 2.41. The minimum atomic E-state index is -0.582. The number of nitrogens with zero attached hydrogens (tertiary/aromatic N) is 2. The number of pyridine rings is 1. The van der Waals surface area contributed by atoms with E-state index >= 15 is 0 Å². The standard InChI is InChI=1S/C15H15N3O4/c1-22-14(21)15(3-4-15)9-16-13(20)11-7-17-18-5-2-10(8-19)6-12(11)18/h2,5-8H,3-4,9H2,1H3,(H,16,20). The van der Waals surface area contributed by atoms with Crippen LogP contribution in [0.5, 0.6) is 0 Å². The van der Waals surface area contributed by atoms with Crippen LogP contribution in [0, 0.1) is 5.41 Å². The van der Waals surface area contributed by atoms with Crippen molar-refractivity contribution in [3.8, 4) is 0 Å². The number of amides is 1. The zero-order valence-electron chi connectivity index (χ0n) is 12.0. The molecule has 114 valence electrons. The highest BCUT2D eigenvalue weighted by Gasteiger charge is 2.51. The maximum atomic E-state index is 12.3. The molecule has 1 aliphatic carbocycles. The summed E-state index contributed by atoms with van der Waals surface area (Å²) in [6, 6.07) is 3.22. The SMILES string of the molecule is COC(=O)C1(CNC(=O)c2cnn3ccc(C=O)cc23)CC1. The number of aldehydes is 1. The van der Waals surface area contributed by atoms with Crippen LogP contribution in [0.2, 0.25) is 0 Å². The fraction of sp³-hybridized carbons (Fsp3) is 0.333. The normalized spacial score (nSPS) is 15.3. The fourth-order valence-electron chi connectivity index (χ4n) is 2.41. The van der Waals surface area contributed by atoms with E-state index in [9.17, 15) is 14.4 Å². The van der Waals surface area contributed by atoms with E-state index in [0.29, 0.717) is 35.8 Å². The third-order valence-electron chi connectivity index (χ3n) is 3.99. The molecular formula is C15H15N3O4. The quantitative estimate of drug-likeness (QED) is 0.652. The molecule has 0 spiro atoms. The van der Waals surface area contributed by atoms with Gasteiger partial charge in [0.05, 0.1) is 29.8 Å². The number of rotatable bonds is 5. The number of aromatic nitrogens is 2. The second-order valence-corrected chi connectivity index (χ2v) is 5.42. The maximum absolute atomic E-state index is 12.3. The minimum absolute atomic E-state index is 0.239. The maximum Gasteiger partial charge on any atom is 0.313 e. The molecule has 0 atom stereocenters. The molecule has 1 N–H and O–H groups in total. The number of carbonyl (C=O) groups is 3. The highest BCUT2D eigenvalue weighted by molar-refractivity contribution is 6.01. The number of ether oxygens (including phenoxy) is 1. The van der Waals surface area contributed by atoms with Crippen LogP contribution in [0.15, 0.2) is 24.5 Å². The second kappa shape index (κ2) is 5.25. The molecule has 0 aliphatic heterocycles. The Morgan fingerprint density at radius 1 is 1.50 bits per heavy atom. The summed E-state index contributed by atoms with van der Waals surface area (Å²) in [4.78, 5) is 34.8. The first-order valence-corrected chi connectivity index (χ1v) is 6.89. The first-order valence-electron chi connectivity index (χ1n) is 6.89. The zero-order chi connectivity index (χ0) is 15.7. The van der Waals surface area contributed by atoms with Gasteiger partial charge in [-0.05, 0) is 25.0 Å². The van der Waals surface area contributed by atoms with Crippen LogP contribution in [0.1, 0.15) is 33.6 Å². The van der Waals surface area contributed by atoms with Gasteiger partial charge in [-0.2, -0.15) is 5.10 Å². The minimum Gasteiger partial charge on any atom is -0.469 e. The zero-order valence-corrected chi connectivity index (χ0v) is 12.0. The topological polar surface area (TPSA) is 89.8 Å². The third kappa shape index (κ3) is 2.34. The molecule has 0 radical (unpaired) electrons. The van der Waals surface area contributed by atoms with Crippen LogP contribution in [0.3, 0.4) is 0 Å². The number of hydrogen-bond acceptors (Lipinski definition) is 5. The average molecular weight is 301 g/mol. The molecule has 2 aromatic heterocycles. The largest absolute Gasteiger partial charge is 0.469 e. The molecule has 0 aromatic carbocycles. The van der Waals surface area contributed by atoms with Crippen LogP contribution in [0.4, 0.5) is 0 Å². The summed E-state index contributed by atoms with van der Waals surface area (Å²) in [5.41, 5.74) is 0.797. The Hall–Kier alpha value is -2.70. The van der Waals surface area contributed by atoms with E-state index in [0.717, 1.165) is 0 Å². The van der Waals surface area contributed by atoms with Crippen molar-refractivity contribution in [2.75, 3.05) is 13.7 Å². The summed E-state index contributed by atoms with van der Waals surface area (Å²) < 4.78 is 6.28. The van der Waals surface area contributed by atoms with E-state index in [1.165, 1.54) is 17.8 Å². The summed E-state index contributed by atoms with van der Waals surface area (Å²) in [7, 11) is 1.34. The third-order valence-corrected chi connectivity index (χ3v) is 3.99. The van der Waals surface area contributed by atoms with Crippen molar-refractivity contribution in [2.45, 2.75) is 12.8 Å². The Morgan fingerprint density at radius 2 is 2.27 bits per heavy atom. The Balaban J connectivity index is 1.78. The van der Waals surface area contributed by atoms with Gasteiger partial charge >= 0.3 is 5.97 Å². The molecule has 1 saturated carbocycles. The summed E-state index contributed by atoms with van der Waals surface area (Å²) in [6.45, 7) is 0.239. The lowest BCUT2D eigenvalue weighted by Crippen LogP contribution is -2.34. The molecule has 0 saturated heterocycles. The van der Waals surface area contributed by atoms with Crippen LogP contribution >= 0.6 is 0 Å². The predicted octanol–water partition coefficient (Wildman–Crippen LogP) is 0.830. The summed E-state index contributed by atoms with van der Waals surface area (Å²) in [5, 5.41) is 6.83. The number of carbonyl (C=O) groups excluding carboxylic acids is 3. The van der Waals surface area contributed by atoms with Crippen LogP contribution in [-0.2, 0) is 9.53 Å². The Kier molecular flexibility index (Phi) is 3.40. The van der Waals surface area contributed by atoms with Gasteiger partial charge < -0.3 is 10.1 Å². The van der Waals surface area contributed by atoms with Gasteiger partial charge in [-0.15, -0.1) is 0 Å². The molecule has 1 aliphatic rings. The van der Waals surface area contributed by atoms with E-state index in [1.54, 1.807) is 18.3 Å². The smallest absolute Gasteiger partial charge is 0.313 e. The lowest BCUT2D eigenvalue weighted by Gasteiger charge is -2.13. The van der Waals surface area contributed by atoms with Gasteiger partial charge in [-0.25, -0.2) is 4.52 Å². The van der Waals surface area contributed by atoms with E-state index in [1.807, 2.05) is 0 Å². The summed E-state index contributed by atoms with van der Waals surface area (Å²) in [5.74, 6) is -0.621. The Morgan fingerprint density at radius 3 is 2.91 bits per heavy atom. The van der Waals surface area contributed by atoms with Crippen LogP contribution < -0.4 is 5.32 Å². The van der Waals surface area contributed by atoms with Crippen molar-refractivity contribution < 1.29 is 19.1 Å². The highest BCUT2D eigenvalue weighted by Crippen LogP contribution is 2.46. The summed E-state index contributed by atoms with van der Waals surface area (Å²) in [6.07, 6.45) is 5.20. The van der Waals surface area contributed by atoms with Gasteiger partial charge in [-0.3, -0.25) is 14.4 Å². The van der Waals surface area contributed by atoms with Gasteiger partial charge in [0.2, 0.25) is 0 Å². The number of nitrogens with one attached hydrogen (secondary N) is 1. The average Bonchev–Trinajstić information content (AvgIpc) is 3.23. The lowest BCUT2D eigenvalue weighted by atomic mass is 10.1. The van der Waals surface area contributed by atoms with Crippen molar-refractivity contribution in [1.29, 1.82) is 0 Å². The van der Waals surface area contributed by atoms with Crippen molar-refractivity contribution in [3.63, 3.8) is 0 Å². The highest BCUT2D eigenvalue weighted by atomic mass is 16.5. The first kappa shape index (κ1) is 14.2. The number of methoxy groups -OCH3 is 1. The van der Waals surface area contributed by atoms with E-state index in [4.69, 9.17) is 4.74 Å². The first-order chi connectivity index (χ1) is 10.6. The number of esters is 1. The Bertz CT molecular complexity index is 761. The molecule has 3 rings (SSSR count). The molecule has 0 bridgehead atoms. The van der Waals surface area contributed by atoms with Gasteiger partial charge in [0.1, 0.15) is 6.29 Å². The van der Waals surface area contributed by atoms with Crippen molar-refractivity contribution >= 4 is 23.7 Å². The van der Waals surface area contributed by atoms with Gasteiger partial charge in [0.25, 0.3) is 5.91 Å². The predicted molar refractivity (Wildman–Crippen MR) is 76.6 cm³/mol. The van der Waals surface area contributed by atoms with E-state index in [-0.39, 0.29) is 18.4 Å². The number of hydrogen-bond donors (Lipinski definition) is 1. The van der Waals surface area contributed by atoms with Crippen molar-refractivity contribution in [2.24, 2.45) is 5.41 Å². The van der Waals surface area contributed by atoms with Gasteiger partial charge in [-0.1, -0.05) is 0 Å². The molecule has 2 aromatic rings. The van der Waals surface area contributed by atoms with Crippen molar-refractivity contribution in [1.82, 2.24) is 14.9 Å². The molecule has 7 nitrogen and oxygen atoms in total. The molecule has 0 unspecified atom stereocenters. The second-order valence-electron chi connectivity index (χ2n) is 5.42. The van der Waals surface area contributed by atoms with Gasteiger partial charge in [0.15, 0.2) is 0 Å². The molecule has 2 heterocycles. The molecule has 22 heavy (non-hydrogen) atoms.